The van der Waals surface area contributed by atoms with E-state index < -0.39 is 0 Å². The molecule has 0 amide bonds. The molecule has 0 aliphatic carbocycles. The van der Waals surface area contributed by atoms with Gasteiger partial charge in [0.25, 0.3) is 0 Å². The molecule has 15 heavy (non-hydrogen) atoms. The van der Waals surface area contributed by atoms with Crippen molar-refractivity contribution in [3.8, 4) is 0 Å². The molecule has 0 aliphatic heterocycles. The fraction of sp³-hybridized carbons (Fsp3) is 1.00. The Labute approximate surface area is 94.1 Å². The summed E-state index contributed by atoms with van der Waals surface area (Å²) < 4.78 is 16.3. The zero-order valence-corrected chi connectivity index (χ0v) is 10.6. The van der Waals surface area contributed by atoms with Gasteiger partial charge in [-0.2, -0.15) is 0 Å². The first-order valence-corrected chi connectivity index (χ1v) is 5.89. The molecule has 0 N–H and O–H groups in total. The van der Waals surface area contributed by atoms with Gasteiger partial charge in [0.05, 0.1) is 13.2 Å². The standard InChI is InChI=1S/C12H26O3/c1-5-6-7-15-12(9-13-4)10-14-8-11(2)3/h11-12H,5-10H2,1-4H3. The molecule has 3 nitrogen and oxygen atoms in total. The smallest absolute Gasteiger partial charge is 0.104 e. The molecule has 0 aromatic rings. The van der Waals surface area contributed by atoms with E-state index in [2.05, 4.69) is 20.8 Å². The maximum absolute atomic E-state index is 5.65. The SMILES string of the molecule is CCCCOC(COC)COCC(C)C. The Kier molecular flexibility index (Phi) is 10.3. The highest BCUT2D eigenvalue weighted by molar-refractivity contribution is 4.55. The van der Waals surface area contributed by atoms with E-state index in [0.29, 0.717) is 19.1 Å². The highest BCUT2D eigenvalue weighted by Gasteiger charge is 2.09. The summed E-state index contributed by atoms with van der Waals surface area (Å²) in [4.78, 5) is 0. The summed E-state index contributed by atoms with van der Waals surface area (Å²) in [6, 6.07) is 0. The zero-order valence-electron chi connectivity index (χ0n) is 10.6. The Morgan fingerprint density at radius 2 is 1.80 bits per heavy atom. The molecule has 1 atom stereocenters. The average molecular weight is 218 g/mol. The Hall–Kier alpha value is -0.120. The molecule has 0 radical (unpaired) electrons. The molecule has 0 bridgehead atoms. The van der Waals surface area contributed by atoms with E-state index >= 15 is 0 Å². The minimum atomic E-state index is 0.0836. The highest BCUT2D eigenvalue weighted by Crippen LogP contribution is 2.00. The van der Waals surface area contributed by atoms with Gasteiger partial charge in [0, 0.05) is 20.3 Å². The monoisotopic (exact) mass is 218 g/mol. The van der Waals surface area contributed by atoms with E-state index in [1.54, 1.807) is 7.11 Å². The lowest BCUT2D eigenvalue weighted by molar-refractivity contribution is -0.0555. The number of hydrogen-bond donors (Lipinski definition) is 0. The molecule has 0 heterocycles. The van der Waals surface area contributed by atoms with Crippen LogP contribution in [0.3, 0.4) is 0 Å². The van der Waals surface area contributed by atoms with Crippen LogP contribution < -0.4 is 0 Å². The van der Waals surface area contributed by atoms with Crippen LogP contribution in [-0.4, -0.2) is 39.6 Å². The van der Waals surface area contributed by atoms with E-state index in [0.717, 1.165) is 26.1 Å². The molecule has 0 aromatic carbocycles. The molecule has 0 aliphatic rings. The summed E-state index contributed by atoms with van der Waals surface area (Å²) >= 11 is 0. The number of hydrogen-bond acceptors (Lipinski definition) is 3. The lowest BCUT2D eigenvalue weighted by Crippen LogP contribution is -2.26. The second-order valence-corrected chi connectivity index (χ2v) is 4.23. The van der Waals surface area contributed by atoms with Gasteiger partial charge in [0.2, 0.25) is 0 Å². The van der Waals surface area contributed by atoms with Crippen LogP contribution in [0.25, 0.3) is 0 Å². The van der Waals surface area contributed by atoms with Crippen LogP contribution in [0, 0.1) is 5.92 Å². The van der Waals surface area contributed by atoms with E-state index in [-0.39, 0.29) is 6.10 Å². The van der Waals surface area contributed by atoms with Crippen LogP contribution >= 0.6 is 0 Å². The molecule has 0 fully saturated rings. The van der Waals surface area contributed by atoms with Crippen molar-refractivity contribution in [3.63, 3.8) is 0 Å². The summed E-state index contributed by atoms with van der Waals surface area (Å²) in [5.41, 5.74) is 0. The minimum Gasteiger partial charge on any atom is -0.382 e. The summed E-state index contributed by atoms with van der Waals surface area (Å²) in [6.45, 7) is 9.28. The van der Waals surface area contributed by atoms with Crippen LogP contribution in [0.1, 0.15) is 33.6 Å². The molecule has 3 heteroatoms. The van der Waals surface area contributed by atoms with Crippen LogP contribution in [0.2, 0.25) is 0 Å². The third-order valence-electron chi connectivity index (χ3n) is 1.96. The maximum atomic E-state index is 5.65. The average Bonchev–Trinajstić information content (AvgIpc) is 2.17. The second-order valence-electron chi connectivity index (χ2n) is 4.23. The lowest BCUT2D eigenvalue weighted by Gasteiger charge is -2.17. The third-order valence-corrected chi connectivity index (χ3v) is 1.96. The van der Waals surface area contributed by atoms with Crippen molar-refractivity contribution >= 4 is 0 Å². The normalized spacial score (nSPS) is 13.4. The minimum absolute atomic E-state index is 0.0836. The Morgan fingerprint density at radius 3 is 2.33 bits per heavy atom. The Bertz CT molecular complexity index is 126. The van der Waals surface area contributed by atoms with Gasteiger partial charge in [0.1, 0.15) is 6.10 Å². The Morgan fingerprint density at radius 1 is 1.07 bits per heavy atom. The molecular formula is C12H26O3. The first-order valence-electron chi connectivity index (χ1n) is 5.89. The van der Waals surface area contributed by atoms with E-state index in [9.17, 15) is 0 Å². The molecule has 0 saturated heterocycles. The molecule has 0 rings (SSSR count). The quantitative estimate of drug-likeness (QED) is 0.527. The first kappa shape index (κ1) is 14.9. The van der Waals surface area contributed by atoms with Crippen LogP contribution in [-0.2, 0) is 14.2 Å². The summed E-state index contributed by atoms with van der Waals surface area (Å²) in [6.07, 6.45) is 2.34. The van der Waals surface area contributed by atoms with Gasteiger partial charge in [0.15, 0.2) is 0 Å². The van der Waals surface area contributed by atoms with Gasteiger partial charge in [-0.05, 0) is 12.3 Å². The van der Waals surface area contributed by atoms with Gasteiger partial charge in [-0.25, -0.2) is 0 Å². The van der Waals surface area contributed by atoms with Gasteiger partial charge < -0.3 is 14.2 Å². The number of methoxy groups -OCH3 is 1. The molecule has 0 saturated carbocycles. The van der Waals surface area contributed by atoms with E-state index in [4.69, 9.17) is 14.2 Å². The Balaban J connectivity index is 3.53. The van der Waals surface area contributed by atoms with Crippen molar-refractivity contribution in [2.24, 2.45) is 5.92 Å². The molecule has 0 aromatic heterocycles. The van der Waals surface area contributed by atoms with Crippen LogP contribution in [0.4, 0.5) is 0 Å². The molecule has 1 unspecified atom stereocenters. The number of rotatable bonds is 10. The van der Waals surface area contributed by atoms with Gasteiger partial charge in [-0.1, -0.05) is 27.2 Å². The zero-order chi connectivity index (χ0) is 11.5. The van der Waals surface area contributed by atoms with Crippen molar-refractivity contribution < 1.29 is 14.2 Å². The number of ether oxygens (including phenoxy) is 3. The van der Waals surface area contributed by atoms with Crippen molar-refractivity contribution in [1.29, 1.82) is 0 Å². The lowest BCUT2D eigenvalue weighted by atomic mass is 10.2. The number of unbranched alkanes of at least 4 members (excludes halogenated alkanes) is 1. The fourth-order valence-electron chi connectivity index (χ4n) is 1.16. The largest absolute Gasteiger partial charge is 0.382 e. The second kappa shape index (κ2) is 10.4. The van der Waals surface area contributed by atoms with E-state index in [1.165, 1.54) is 0 Å². The summed E-state index contributed by atoms with van der Waals surface area (Å²) in [5.74, 6) is 0.573. The van der Waals surface area contributed by atoms with Crippen LogP contribution in [0.15, 0.2) is 0 Å². The predicted octanol–water partition coefficient (Wildman–Crippen LogP) is 2.49. The highest BCUT2D eigenvalue weighted by atomic mass is 16.6. The van der Waals surface area contributed by atoms with Gasteiger partial charge in [-0.15, -0.1) is 0 Å². The van der Waals surface area contributed by atoms with E-state index in [1.807, 2.05) is 0 Å². The predicted molar refractivity (Wildman–Crippen MR) is 62.2 cm³/mol. The van der Waals surface area contributed by atoms with Crippen molar-refractivity contribution in [2.75, 3.05) is 33.5 Å². The van der Waals surface area contributed by atoms with Crippen molar-refractivity contribution in [2.45, 2.75) is 39.7 Å². The molecule has 0 spiro atoms. The fourth-order valence-corrected chi connectivity index (χ4v) is 1.16. The van der Waals surface area contributed by atoms with Crippen molar-refractivity contribution in [1.82, 2.24) is 0 Å². The summed E-state index contributed by atoms with van der Waals surface area (Å²) in [5, 5.41) is 0. The maximum Gasteiger partial charge on any atom is 0.104 e. The topological polar surface area (TPSA) is 27.7 Å². The van der Waals surface area contributed by atoms with Crippen molar-refractivity contribution in [3.05, 3.63) is 0 Å². The summed E-state index contributed by atoms with van der Waals surface area (Å²) in [7, 11) is 1.69. The molecule has 92 valence electrons. The van der Waals surface area contributed by atoms with Gasteiger partial charge >= 0.3 is 0 Å². The first-order chi connectivity index (χ1) is 7.20. The van der Waals surface area contributed by atoms with Gasteiger partial charge in [-0.3, -0.25) is 0 Å². The molecular weight excluding hydrogens is 192 g/mol. The third kappa shape index (κ3) is 10.2. The van der Waals surface area contributed by atoms with Crippen LogP contribution in [0.5, 0.6) is 0 Å².